The number of benzene rings is 1. The average Bonchev–Trinajstić information content (AvgIpc) is 3.38. The highest BCUT2D eigenvalue weighted by Gasteiger charge is 2.16. The number of furan rings is 1. The summed E-state index contributed by atoms with van der Waals surface area (Å²) >= 11 is 3.20. The van der Waals surface area contributed by atoms with Gasteiger partial charge in [-0.05, 0) is 35.7 Å². The highest BCUT2D eigenvalue weighted by atomic mass is 32.1. The van der Waals surface area contributed by atoms with Crippen LogP contribution < -0.4 is 5.32 Å². The van der Waals surface area contributed by atoms with Gasteiger partial charge in [-0.25, -0.2) is 0 Å². The number of hydrogen-bond donors (Lipinski definition) is 2. The lowest BCUT2D eigenvalue weighted by molar-refractivity contribution is 0.0893. The van der Waals surface area contributed by atoms with E-state index in [1.165, 1.54) is 16.2 Å². The molecule has 2 N–H and O–H groups in total. The molecule has 1 amide bonds. The number of carbonyl (C=O) groups excluding carboxylic acids is 1. The maximum atomic E-state index is 12.2. The molecule has 0 saturated carbocycles. The summed E-state index contributed by atoms with van der Waals surface area (Å²) < 4.78 is 5.53. The van der Waals surface area contributed by atoms with Crippen LogP contribution in [0.2, 0.25) is 0 Å². The van der Waals surface area contributed by atoms with Crippen LogP contribution in [0.5, 0.6) is 0 Å². The molecule has 3 aromatic heterocycles. The highest BCUT2D eigenvalue weighted by Crippen LogP contribution is 2.33. The number of rotatable bonds is 5. The Morgan fingerprint density at radius 2 is 2.00 bits per heavy atom. The largest absolute Gasteiger partial charge is 0.451 e. The summed E-state index contributed by atoms with van der Waals surface area (Å²) in [4.78, 5) is 15.4. The Kier molecular flexibility index (Phi) is 4.40. The first-order valence-corrected chi connectivity index (χ1v) is 9.49. The van der Waals surface area contributed by atoms with Gasteiger partial charge >= 0.3 is 0 Å². The van der Waals surface area contributed by atoms with Crippen molar-refractivity contribution in [2.75, 3.05) is 6.54 Å². The minimum absolute atomic E-state index is 0.139. The Morgan fingerprint density at radius 1 is 1.12 bits per heavy atom. The van der Waals surface area contributed by atoms with Crippen LogP contribution in [-0.2, 0) is 0 Å². The van der Waals surface area contributed by atoms with E-state index in [-0.39, 0.29) is 18.2 Å². The van der Waals surface area contributed by atoms with Gasteiger partial charge in [0.05, 0.1) is 0 Å². The minimum Gasteiger partial charge on any atom is -0.451 e. The summed E-state index contributed by atoms with van der Waals surface area (Å²) in [5.41, 5.74) is 0.673. The quantitative estimate of drug-likeness (QED) is 0.537. The van der Waals surface area contributed by atoms with Crippen LogP contribution in [-0.4, -0.2) is 17.6 Å². The first-order chi connectivity index (χ1) is 12.2. The number of aliphatic hydroxyl groups is 1. The van der Waals surface area contributed by atoms with Gasteiger partial charge in [-0.3, -0.25) is 4.79 Å². The molecule has 4 aromatic rings. The lowest BCUT2D eigenvalue weighted by atomic mass is 10.2. The first-order valence-electron chi connectivity index (χ1n) is 7.79. The van der Waals surface area contributed by atoms with Gasteiger partial charge in [0.15, 0.2) is 5.76 Å². The van der Waals surface area contributed by atoms with E-state index in [4.69, 9.17) is 4.42 Å². The first kappa shape index (κ1) is 16.1. The third kappa shape index (κ3) is 3.37. The molecule has 6 heteroatoms. The topological polar surface area (TPSA) is 62.5 Å². The smallest absolute Gasteiger partial charge is 0.287 e. The van der Waals surface area contributed by atoms with Gasteiger partial charge < -0.3 is 14.8 Å². The minimum atomic E-state index is -0.743. The van der Waals surface area contributed by atoms with Crippen LogP contribution in [0.3, 0.4) is 0 Å². The van der Waals surface area contributed by atoms with E-state index >= 15 is 0 Å². The Balaban J connectivity index is 1.41. The van der Waals surface area contributed by atoms with Crippen molar-refractivity contribution in [2.24, 2.45) is 0 Å². The van der Waals surface area contributed by atoms with Crippen molar-refractivity contribution in [1.29, 1.82) is 0 Å². The fourth-order valence-electron chi connectivity index (χ4n) is 2.55. The van der Waals surface area contributed by atoms with Crippen LogP contribution in [0.1, 0.15) is 21.5 Å². The molecule has 1 atom stereocenters. The number of carbonyl (C=O) groups is 1. The molecule has 0 radical (unpaired) electrons. The van der Waals surface area contributed by atoms with Crippen molar-refractivity contribution >= 4 is 39.5 Å². The number of amides is 1. The van der Waals surface area contributed by atoms with Gasteiger partial charge in [0, 0.05) is 26.6 Å². The van der Waals surface area contributed by atoms with E-state index in [0.717, 1.165) is 15.1 Å². The van der Waals surface area contributed by atoms with Crippen molar-refractivity contribution in [3.8, 4) is 9.75 Å². The summed E-state index contributed by atoms with van der Waals surface area (Å²) in [6.45, 7) is 0.139. The molecule has 0 aliphatic heterocycles. The fourth-order valence-corrected chi connectivity index (χ4v) is 4.38. The van der Waals surface area contributed by atoms with E-state index < -0.39 is 6.10 Å². The van der Waals surface area contributed by atoms with Crippen molar-refractivity contribution in [3.05, 3.63) is 70.6 Å². The van der Waals surface area contributed by atoms with Crippen LogP contribution in [0, 0.1) is 0 Å². The SMILES string of the molecule is O=C(NCC(O)c1ccc(-c2cccs2)s1)c1cc2ccccc2o1. The van der Waals surface area contributed by atoms with Gasteiger partial charge in [-0.2, -0.15) is 0 Å². The number of hydrogen-bond acceptors (Lipinski definition) is 5. The Labute approximate surface area is 152 Å². The molecule has 0 saturated heterocycles. The molecule has 0 bridgehead atoms. The van der Waals surface area contributed by atoms with Gasteiger partial charge in [0.25, 0.3) is 5.91 Å². The van der Waals surface area contributed by atoms with Crippen LogP contribution in [0.15, 0.2) is 64.4 Å². The van der Waals surface area contributed by atoms with E-state index in [0.29, 0.717) is 5.58 Å². The van der Waals surface area contributed by atoms with Crippen LogP contribution in [0.4, 0.5) is 0 Å². The molecule has 1 aromatic carbocycles. The number of nitrogens with one attached hydrogen (secondary N) is 1. The molecule has 3 heterocycles. The molecule has 126 valence electrons. The molecule has 0 aliphatic carbocycles. The lowest BCUT2D eigenvalue weighted by Gasteiger charge is -2.09. The monoisotopic (exact) mass is 369 g/mol. The summed E-state index contributed by atoms with van der Waals surface area (Å²) in [6.07, 6.45) is -0.743. The van der Waals surface area contributed by atoms with Crippen molar-refractivity contribution in [1.82, 2.24) is 5.32 Å². The Bertz CT molecular complexity index is 968. The second kappa shape index (κ2) is 6.84. The van der Waals surface area contributed by atoms with Crippen molar-refractivity contribution < 1.29 is 14.3 Å². The summed E-state index contributed by atoms with van der Waals surface area (Å²) in [5, 5.41) is 16.0. The van der Waals surface area contributed by atoms with E-state index in [2.05, 4.69) is 11.4 Å². The third-order valence-corrected chi connectivity index (χ3v) is 6.08. The maximum absolute atomic E-state index is 12.2. The molecule has 1 unspecified atom stereocenters. The molecule has 0 fully saturated rings. The second-order valence-corrected chi connectivity index (χ2v) is 7.62. The van der Waals surface area contributed by atoms with Crippen LogP contribution in [0.25, 0.3) is 20.7 Å². The molecule has 4 rings (SSSR count). The number of fused-ring (bicyclic) bond motifs is 1. The summed E-state index contributed by atoms with van der Waals surface area (Å²) in [6, 6.07) is 17.1. The van der Waals surface area contributed by atoms with Crippen molar-refractivity contribution in [3.63, 3.8) is 0 Å². The van der Waals surface area contributed by atoms with Crippen LogP contribution >= 0.6 is 22.7 Å². The van der Waals surface area contributed by atoms with E-state index in [1.807, 2.05) is 47.8 Å². The third-order valence-electron chi connectivity index (χ3n) is 3.82. The Hall–Kier alpha value is -2.41. The zero-order valence-electron chi connectivity index (χ0n) is 13.1. The normalized spacial score (nSPS) is 12.4. The standard InChI is InChI=1S/C19H15NO3S2/c21-13(16-7-8-18(25-16)17-6-3-9-24-17)11-20-19(22)15-10-12-4-1-2-5-14(12)23-15/h1-10,13,21H,11H2,(H,20,22). The second-order valence-electron chi connectivity index (χ2n) is 5.55. The molecule has 25 heavy (non-hydrogen) atoms. The predicted octanol–water partition coefficient (Wildman–Crippen LogP) is 4.69. The van der Waals surface area contributed by atoms with Gasteiger partial charge in [0.2, 0.25) is 0 Å². The number of para-hydroxylation sites is 1. The highest BCUT2D eigenvalue weighted by molar-refractivity contribution is 7.21. The predicted molar refractivity (Wildman–Crippen MR) is 101 cm³/mol. The van der Waals surface area contributed by atoms with Gasteiger partial charge in [0.1, 0.15) is 11.7 Å². The lowest BCUT2D eigenvalue weighted by Crippen LogP contribution is -2.27. The molecule has 0 spiro atoms. The fraction of sp³-hybridized carbons (Fsp3) is 0.105. The zero-order chi connectivity index (χ0) is 17.2. The van der Waals surface area contributed by atoms with E-state index in [1.54, 1.807) is 17.4 Å². The van der Waals surface area contributed by atoms with Gasteiger partial charge in [-0.1, -0.05) is 24.3 Å². The van der Waals surface area contributed by atoms with E-state index in [9.17, 15) is 9.90 Å². The molecule has 4 nitrogen and oxygen atoms in total. The van der Waals surface area contributed by atoms with Gasteiger partial charge in [-0.15, -0.1) is 22.7 Å². The molecular formula is C19H15NO3S2. The van der Waals surface area contributed by atoms with Crippen molar-refractivity contribution in [2.45, 2.75) is 6.10 Å². The Morgan fingerprint density at radius 3 is 2.80 bits per heavy atom. The average molecular weight is 369 g/mol. The number of aliphatic hydroxyl groups excluding tert-OH is 1. The molecule has 0 aliphatic rings. The number of thiophene rings is 2. The summed E-state index contributed by atoms with van der Waals surface area (Å²) in [7, 11) is 0. The summed E-state index contributed by atoms with van der Waals surface area (Å²) in [5.74, 6) is -0.0795. The molecular weight excluding hydrogens is 354 g/mol. The zero-order valence-corrected chi connectivity index (χ0v) is 14.8. The maximum Gasteiger partial charge on any atom is 0.287 e.